The molecule has 1 amide bonds. The van der Waals surface area contributed by atoms with Crippen LogP contribution in [0.3, 0.4) is 0 Å². The molecule has 0 aromatic carbocycles. The molecule has 0 unspecified atom stereocenters. The Bertz CT molecular complexity index is 452. The predicted octanol–water partition coefficient (Wildman–Crippen LogP) is -2.07. The molecule has 0 atom stereocenters. The minimum Gasteiger partial charge on any atom is -0.394 e. The van der Waals surface area contributed by atoms with Crippen molar-refractivity contribution in [1.29, 1.82) is 0 Å². The molecule has 1 fully saturated rings. The van der Waals surface area contributed by atoms with E-state index in [1.807, 2.05) is 0 Å². The van der Waals surface area contributed by atoms with Gasteiger partial charge >= 0.3 is 0 Å². The van der Waals surface area contributed by atoms with Crippen LogP contribution < -0.4 is 5.32 Å². The van der Waals surface area contributed by atoms with Gasteiger partial charge in [0.05, 0.1) is 31.6 Å². The van der Waals surface area contributed by atoms with Crippen molar-refractivity contribution in [2.75, 3.05) is 25.6 Å². The summed E-state index contributed by atoms with van der Waals surface area (Å²) in [6, 6.07) is 0.321. The van der Waals surface area contributed by atoms with Gasteiger partial charge in [-0.3, -0.25) is 4.79 Å². The second kappa shape index (κ2) is 6.48. The van der Waals surface area contributed by atoms with Crippen molar-refractivity contribution in [3.63, 3.8) is 0 Å². The summed E-state index contributed by atoms with van der Waals surface area (Å²) in [4.78, 5) is 11.8. The number of aliphatic hydroxyl groups excluding tert-OH is 3. The Morgan fingerprint density at radius 3 is 2.55 bits per heavy atom. The van der Waals surface area contributed by atoms with Crippen molar-refractivity contribution < 1.29 is 20.1 Å². The van der Waals surface area contributed by atoms with E-state index in [9.17, 15) is 4.79 Å². The van der Waals surface area contributed by atoms with E-state index >= 15 is 0 Å². The fourth-order valence-electron chi connectivity index (χ4n) is 1.56. The predicted molar refractivity (Wildman–Crippen MR) is 68.9 cm³/mol. The SMILES string of the molecule is O=C(CSc1nnnn1C1CC1)NC(CO)(CO)CO. The van der Waals surface area contributed by atoms with Crippen LogP contribution in [0, 0.1) is 0 Å². The van der Waals surface area contributed by atoms with Crippen molar-refractivity contribution >= 4 is 17.7 Å². The first kappa shape index (κ1) is 15.2. The number of hydrogen-bond donors (Lipinski definition) is 4. The maximum atomic E-state index is 11.8. The van der Waals surface area contributed by atoms with E-state index in [1.165, 1.54) is 11.8 Å². The molecule has 0 aliphatic heterocycles. The molecule has 1 aliphatic carbocycles. The number of aliphatic hydroxyl groups is 3. The molecule has 1 heterocycles. The maximum absolute atomic E-state index is 11.8. The van der Waals surface area contributed by atoms with Gasteiger partial charge in [0.25, 0.3) is 0 Å². The number of amides is 1. The minimum absolute atomic E-state index is 0.0366. The van der Waals surface area contributed by atoms with Crippen molar-refractivity contribution in [3.05, 3.63) is 0 Å². The van der Waals surface area contributed by atoms with Gasteiger partial charge < -0.3 is 20.6 Å². The van der Waals surface area contributed by atoms with Gasteiger partial charge in [0.15, 0.2) is 0 Å². The molecule has 20 heavy (non-hydrogen) atoms. The molecular weight excluding hydrogens is 286 g/mol. The molecular formula is C10H17N5O4S. The van der Waals surface area contributed by atoms with E-state index in [1.54, 1.807) is 4.68 Å². The van der Waals surface area contributed by atoms with Gasteiger partial charge in [-0.2, -0.15) is 0 Å². The van der Waals surface area contributed by atoms with Crippen LogP contribution in [0.1, 0.15) is 18.9 Å². The molecule has 0 saturated heterocycles. The van der Waals surface area contributed by atoms with Crippen LogP contribution in [-0.4, -0.2) is 72.5 Å². The summed E-state index contributed by atoms with van der Waals surface area (Å²) < 4.78 is 1.69. The third-order valence-corrected chi connectivity index (χ3v) is 3.93. The highest BCUT2D eigenvalue weighted by Crippen LogP contribution is 2.36. The summed E-state index contributed by atoms with van der Waals surface area (Å²) in [7, 11) is 0. The number of tetrazole rings is 1. The smallest absolute Gasteiger partial charge is 0.231 e. The lowest BCUT2D eigenvalue weighted by atomic mass is 10.0. The van der Waals surface area contributed by atoms with E-state index in [0.717, 1.165) is 12.8 Å². The maximum Gasteiger partial charge on any atom is 0.231 e. The molecule has 1 aliphatic rings. The molecule has 10 heteroatoms. The molecule has 0 spiro atoms. The summed E-state index contributed by atoms with van der Waals surface area (Å²) >= 11 is 1.17. The summed E-state index contributed by atoms with van der Waals surface area (Å²) in [5.41, 5.74) is -1.40. The highest BCUT2D eigenvalue weighted by molar-refractivity contribution is 7.99. The van der Waals surface area contributed by atoms with Crippen LogP contribution in [0.4, 0.5) is 0 Å². The van der Waals surface area contributed by atoms with Gasteiger partial charge in [-0.05, 0) is 23.3 Å². The fourth-order valence-corrected chi connectivity index (χ4v) is 2.30. The first-order valence-electron chi connectivity index (χ1n) is 6.18. The Labute approximate surface area is 119 Å². The number of nitrogens with one attached hydrogen (secondary N) is 1. The highest BCUT2D eigenvalue weighted by atomic mass is 32.2. The van der Waals surface area contributed by atoms with E-state index in [2.05, 4.69) is 20.8 Å². The quantitative estimate of drug-likeness (QED) is 0.403. The Morgan fingerprint density at radius 2 is 2.00 bits per heavy atom. The van der Waals surface area contributed by atoms with Crippen LogP contribution in [-0.2, 0) is 4.79 Å². The molecule has 1 aromatic rings. The van der Waals surface area contributed by atoms with Crippen LogP contribution in [0.2, 0.25) is 0 Å². The monoisotopic (exact) mass is 303 g/mol. The second-order valence-corrected chi connectivity index (χ2v) is 5.67. The zero-order chi connectivity index (χ0) is 14.6. The zero-order valence-corrected chi connectivity index (χ0v) is 11.6. The number of thioether (sulfide) groups is 1. The summed E-state index contributed by atoms with van der Waals surface area (Å²) in [5.74, 6) is -0.382. The largest absolute Gasteiger partial charge is 0.394 e. The molecule has 1 saturated carbocycles. The second-order valence-electron chi connectivity index (χ2n) is 4.73. The third-order valence-electron chi connectivity index (χ3n) is 3.00. The fraction of sp³-hybridized carbons (Fsp3) is 0.800. The van der Waals surface area contributed by atoms with Gasteiger partial charge in [-0.25, -0.2) is 4.68 Å². The van der Waals surface area contributed by atoms with Gasteiger partial charge in [-0.15, -0.1) is 5.10 Å². The number of rotatable bonds is 8. The highest BCUT2D eigenvalue weighted by Gasteiger charge is 2.31. The summed E-state index contributed by atoms with van der Waals surface area (Å²) in [6.45, 7) is -1.64. The summed E-state index contributed by atoms with van der Waals surface area (Å²) in [5, 5.41) is 41.6. The molecule has 2 rings (SSSR count). The molecule has 0 radical (unpaired) electrons. The number of aromatic nitrogens is 4. The lowest BCUT2D eigenvalue weighted by molar-refractivity contribution is -0.122. The van der Waals surface area contributed by atoms with E-state index < -0.39 is 31.3 Å². The van der Waals surface area contributed by atoms with Crippen molar-refractivity contribution in [1.82, 2.24) is 25.5 Å². The van der Waals surface area contributed by atoms with Crippen molar-refractivity contribution in [3.8, 4) is 0 Å². The number of hydrogen-bond acceptors (Lipinski definition) is 8. The zero-order valence-electron chi connectivity index (χ0n) is 10.8. The topological polar surface area (TPSA) is 133 Å². The van der Waals surface area contributed by atoms with Gasteiger partial charge in [0.1, 0.15) is 5.54 Å². The first-order valence-corrected chi connectivity index (χ1v) is 7.17. The Hall–Kier alpha value is -1.23. The molecule has 4 N–H and O–H groups in total. The molecule has 0 bridgehead atoms. The van der Waals surface area contributed by atoms with Crippen LogP contribution in [0.25, 0.3) is 0 Å². The van der Waals surface area contributed by atoms with Crippen LogP contribution in [0.5, 0.6) is 0 Å². The number of carbonyl (C=O) groups excluding carboxylic acids is 1. The minimum atomic E-state index is -1.40. The lowest BCUT2D eigenvalue weighted by Gasteiger charge is -2.28. The van der Waals surface area contributed by atoms with Crippen molar-refractivity contribution in [2.45, 2.75) is 29.6 Å². The molecule has 1 aromatic heterocycles. The van der Waals surface area contributed by atoms with Gasteiger partial charge in [-0.1, -0.05) is 11.8 Å². The summed E-state index contributed by atoms with van der Waals surface area (Å²) in [6.07, 6.45) is 2.07. The average Bonchev–Trinajstić information content (AvgIpc) is 3.21. The van der Waals surface area contributed by atoms with Crippen molar-refractivity contribution in [2.24, 2.45) is 0 Å². The normalized spacial score (nSPS) is 15.3. The Balaban J connectivity index is 1.87. The van der Waals surface area contributed by atoms with Gasteiger partial charge in [0.2, 0.25) is 11.1 Å². The van der Waals surface area contributed by atoms with Crippen LogP contribution >= 0.6 is 11.8 Å². The third kappa shape index (κ3) is 3.45. The average molecular weight is 303 g/mol. The number of carbonyl (C=O) groups is 1. The first-order chi connectivity index (χ1) is 9.64. The van der Waals surface area contributed by atoms with Gasteiger partial charge in [0, 0.05) is 0 Å². The molecule has 112 valence electrons. The Morgan fingerprint density at radius 1 is 1.35 bits per heavy atom. The van der Waals surface area contributed by atoms with E-state index in [4.69, 9.17) is 15.3 Å². The Kier molecular flexibility index (Phi) is 4.91. The van der Waals surface area contributed by atoms with E-state index in [-0.39, 0.29) is 5.75 Å². The lowest BCUT2D eigenvalue weighted by Crippen LogP contribution is -2.57. The number of nitrogens with zero attached hydrogens (tertiary/aromatic N) is 4. The standard InChI is InChI=1S/C10H17N5O4S/c16-4-10(5-17,6-18)11-8(19)3-20-9-12-13-14-15(9)7-1-2-7/h7,16-18H,1-6H2,(H,11,19). The van der Waals surface area contributed by atoms with E-state index in [0.29, 0.717) is 11.2 Å². The van der Waals surface area contributed by atoms with Crippen LogP contribution in [0.15, 0.2) is 5.16 Å². The molecule has 9 nitrogen and oxygen atoms in total.